The van der Waals surface area contributed by atoms with Gasteiger partial charge in [-0.1, -0.05) is 12.1 Å². The van der Waals surface area contributed by atoms with E-state index >= 15 is 0 Å². The highest BCUT2D eigenvalue weighted by Crippen LogP contribution is 2.42. The molecule has 1 aromatic carbocycles. The van der Waals surface area contributed by atoms with Gasteiger partial charge in [0.2, 0.25) is 11.8 Å². The Balaban J connectivity index is 2.07. The van der Waals surface area contributed by atoms with Crippen LogP contribution in [0.4, 0.5) is 13.2 Å². The summed E-state index contributed by atoms with van der Waals surface area (Å²) in [5.74, 6) is -0.220. The van der Waals surface area contributed by atoms with Crippen molar-refractivity contribution in [3.8, 4) is 6.07 Å². The number of nitrogens with zero attached hydrogens (tertiary/aromatic N) is 1. The van der Waals surface area contributed by atoms with Crippen molar-refractivity contribution >= 4 is 0 Å². The van der Waals surface area contributed by atoms with E-state index in [0.717, 1.165) is 17.7 Å². The molecular formula is C15H13F3N4O. The quantitative estimate of drug-likeness (QED) is 0.738. The molecule has 2 aliphatic rings. The van der Waals surface area contributed by atoms with E-state index in [9.17, 15) is 18.4 Å². The molecule has 1 aromatic rings. The molecule has 8 heteroatoms. The van der Waals surface area contributed by atoms with E-state index in [1.807, 2.05) is 13.0 Å². The predicted molar refractivity (Wildman–Crippen MR) is 74.9 cm³/mol. The summed E-state index contributed by atoms with van der Waals surface area (Å²) in [7, 11) is 0. The first-order valence-corrected chi connectivity index (χ1v) is 6.83. The molecule has 2 unspecified atom stereocenters. The molecular weight excluding hydrogens is 309 g/mol. The van der Waals surface area contributed by atoms with E-state index < -0.39 is 17.7 Å². The van der Waals surface area contributed by atoms with Crippen LogP contribution < -0.4 is 16.6 Å². The molecule has 0 fully saturated rings. The maximum absolute atomic E-state index is 12.7. The number of hydrogen-bond donors (Lipinski definition) is 3. The number of halogens is 3. The summed E-state index contributed by atoms with van der Waals surface area (Å²) in [6.45, 7) is 1.85. The van der Waals surface area contributed by atoms with Gasteiger partial charge in [-0.2, -0.15) is 18.4 Å². The van der Waals surface area contributed by atoms with Crippen LogP contribution in [-0.4, -0.2) is 6.04 Å². The van der Waals surface area contributed by atoms with Crippen molar-refractivity contribution in [3.63, 3.8) is 0 Å². The van der Waals surface area contributed by atoms with E-state index in [4.69, 9.17) is 10.5 Å². The van der Waals surface area contributed by atoms with E-state index in [0.29, 0.717) is 11.4 Å². The molecule has 0 saturated carbocycles. The minimum atomic E-state index is -4.41. The van der Waals surface area contributed by atoms with Gasteiger partial charge in [-0.15, -0.1) is 0 Å². The third-order valence-electron chi connectivity index (χ3n) is 3.90. The Labute approximate surface area is 130 Å². The molecule has 2 aliphatic heterocycles. The molecule has 3 rings (SSSR count). The summed E-state index contributed by atoms with van der Waals surface area (Å²) < 4.78 is 43.5. The van der Waals surface area contributed by atoms with Crippen molar-refractivity contribution in [2.45, 2.75) is 25.1 Å². The van der Waals surface area contributed by atoms with Crippen molar-refractivity contribution in [2.75, 3.05) is 0 Å². The lowest BCUT2D eigenvalue weighted by Crippen LogP contribution is -2.31. The lowest BCUT2D eigenvalue weighted by Gasteiger charge is -2.26. The van der Waals surface area contributed by atoms with Crippen LogP contribution in [0.3, 0.4) is 0 Å². The van der Waals surface area contributed by atoms with Crippen LogP contribution in [0.1, 0.15) is 24.0 Å². The summed E-state index contributed by atoms with van der Waals surface area (Å²) in [5, 5.41) is 9.37. The predicted octanol–water partition coefficient (Wildman–Crippen LogP) is 2.22. The molecule has 0 amide bonds. The number of hydrazine groups is 1. The average molecular weight is 322 g/mol. The molecule has 0 radical (unpaired) electrons. The van der Waals surface area contributed by atoms with Gasteiger partial charge in [0.1, 0.15) is 11.6 Å². The first kappa shape index (κ1) is 15.2. The average Bonchev–Trinajstić information content (AvgIpc) is 2.86. The minimum absolute atomic E-state index is 0.0560. The molecule has 2 heterocycles. The SMILES string of the molecule is CC1NNC2=C1C(c1ccc(C(F)(F)F)cc1)C(C#N)=C(N)O2. The smallest absolute Gasteiger partial charge is 0.416 e. The van der Waals surface area contributed by atoms with Crippen LogP contribution in [0.15, 0.2) is 47.2 Å². The fraction of sp³-hybridized carbons (Fsp3) is 0.267. The lowest BCUT2D eigenvalue weighted by molar-refractivity contribution is -0.137. The van der Waals surface area contributed by atoms with Crippen molar-refractivity contribution < 1.29 is 17.9 Å². The Bertz CT molecular complexity index is 743. The van der Waals surface area contributed by atoms with Crippen molar-refractivity contribution in [1.82, 2.24) is 10.9 Å². The van der Waals surface area contributed by atoms with Crippen molar-refractivity contribution in [3.05, 3.63) is 58.3 Å². The molecule has 0 saturated heterocycles. The van der Waals surface area contributed by atoms with Gasteiger partial charge in [-0.05, 0) is 24.6 Å². The number of nitrogens with two attached hydrogens (primary N) is 1. The number of alkyl halides is 3. The van der Waals surface area contributed by atoms with Gasteiger partial charge in [-0.3, -0.25) is 5.43 Å². The van der Waals surface area contributed by atoms with Crippen LogP contribution in [0, 0.1) is 11.3 Å². The van der Waals surface area contributed by atoms with Gasteiger partial charge in [0.25, 0.3) is 0 Å². The maximum Gasteiger partial charge on any atom is 0.416 e. The number of rotatable bonds is 1. The van der Waals surface area contributed by atoms with Crippen molar-refractivity contribution in [2.24, 2.45) is 5.73 Å². The molecule has 120 valence electrons. The van der Waals surface area contributed by atoms with Gasteiger partial charge in [0.05, 0.1) is 17.5 Å². The zero-order valence-corrected chi connectivity index (χ0v) is 12.0. The van der Waals surface area contributed by atoms with Crippen LogP contribution in [0.2, 0.25) is 0 Å². The Morgan fingerprint density at radius 3 is 2.48 bits per heavy atom. The first-order valence-electron chi connectivity index (χ1n) is 6.83. The van der Waals surface area contributed by atoms with Crippen LogP contribution in [0.25, 0.3) is 0 Å². The number of hydrogen-bond acceptors (Lipinski definition) is 5. The highest BCUT2D eigenvalue weighted by atomic mass is 19.4. The summed E-state index contributed by atoms with van der Waals surface area (Å²) in [5.41, 5.74) is 12.3. The van der Waals surface area contributed by atoms with Gasteiger partial charge in [0.15, 0.2) is 0 Å². The molecule has 2 atom stereocenters. The fourth-order valence-electron chi connectivity index (χ4n) is 2.78. The second-order valence-electron chi connectivity index (χ2n) is 5.32. The monoisotopic (exact) mass is 322 g/mol. The second kappa shape index (κ2) is 5.21. The first-order chi connectivity index (χ1) is 10.8. The fourth-order valence-corrected chi connectivity index (χ4v) is 2.78. The van der Waals surface area contributed by atoms with Crippen molar-refractivity contribution in [1.29, 1.82) is 5.26 Å². The number of nitriles is 1. The Kier molecular flexibility index (Phi) is 3.45. The van der Waals surface area contributed by atoms with E-state index in [2.05, 4.69) is 10.9 Å². The van der Waals surface area contributed by atoms with Gasteiger partial charge in [-0.25, -0.2) is 5.43 Å². The lowest BCUT2D eigenvalue weighted by atomic mass is 9.81. The third-order valence-corrected chi connectivity index (χ3v) is 3.90. The molecule has 0 aromatic heterocycles. The van der Waals surface area contributed by atoms with Crippen LogP contribution in [0.5, 0.6) is 0 Å². The number of allylic oxidation sites excluding steroid dienone is 1. The normalized spacial score (nSPS) is 24.0. The summed E-state index contributed by atoms with van der Waals surface area (Å²) in [6, 6.07) is 6.55. The highest BCUT2D eigenvalue weighted by Gasteiger charge is 2.39. The van der Waals surface area contributed by atoms with Crippen LogP contribution in [-0.2, 0) is 10.9 Å². The topological polar surface area (TPSA) is 83.1 Å². The molecule has 5 nitrogen and oxygen atoms in total. The van der Waals surface area contributed by atoms with Gasteiger partial charge in [0, 0.05) is 5.57 Å². The zero-order chi connectivity index (χ0) is 16.8. The van der Waals surface area contributed by atoms with E-state index in [1.54, 1.807) is 0 Å². The molecule has 0 spiro atoms. The standard InChI is InChI=1S/C15H13F3N4O/c1-7-11-12(8-2-4-9(5-3-8)15(16,17)18)10(6-19)13(20)23-14(11)22-21-7/h2-5,7,12,21-22H,20H2,1H3. The summed E-state index contributed by atoms with van der Waals surface area (Å²) in [4.78, 5) is 0. The second-order valence-corrected chi connectivity index (χ2v) is 5.32. The highest BCUT2D eigenvalue weighted by molar-refractivity contribution is 5.51. The Hall–Kier alpha value is -2.66. The van der Waals surface area contributed by atoms with E-state index in [-0.39, 0.29) is 17.5 Å². The minimum Gasteiger partial charge on any atom is -0.423 e. The van der Waals surface area contributed by atoms with E-state index in [1.165, 1.54) is 12.1 Å². The maximum atomic E-state index is 12.7. The molecule has 4 N–H and O–H groups in total. The van der Waals surface area contributed by atoms with Crippen LogP contribution >= 0.6 is 0 Å². The summed E-state index contributed by atoms with van der Waals surface area (Å²) >= 11 is 0. The van der Waals surface area contributed by atoms with Gasteiger partial charge >= 0.3 is 6.18 Å². The zero-order valence-electron chi connectivity index (χ0n) is 12.0. The number of benzene rings is 1. The Morgan fingerprint density at radius 2 is 1.91 bits per heavy atom. The number of ether oxygens (including phenoxy) is 1. The molecule has 23 heavy (non-hydrogen) atoms. The third kappa shape index (κ3) is 2.49. The number of nitrogens with one attached hydrogen (secondary N) is 2. The summed E-state index contributed by atoms with van der Waals surface area (Å²) in [6.07, 6.45) is -4.41. The molecule has 0 aliphatic carbocycles. The molecule has 0 bridgehead atoms. The Morgan fingerprint density at radius 1 is 1.26 bits per heavy atom. The largest absolute Gasteiger partial charge is 0.423 e. The van der Waals surface area contributed by atoms with Gasteiger partial charge < -0.3 is 10.5 Å².